The highest BCUT2D eigenvalue weighted by atomic mass is 32.2. The molecule has 0 unspecified atom stereocenters. The number of nitrogens with zero attached hydrogens (tertiary/aromatic N) is 1. The summed E-state index contributed by atoms with van der Waals surface area (Å²) in [6.07, 6.45) is 1.72. The van der Waals surface area contributed by atoms with Crippen molar-refractivity contribution in [1.29, 1.82) is 0 Å². The second-order valence-corrected chi connectivity index (χ2v) is 5.90. The van der Waals surface area contributed by atoms with Gasteiger partial charge in [0.2, 0.25) is 0 Å². The lowest BCUT2D eigenvalue weighted by atomic mass is 10.2. The number of hydrogen-bond donors (Lipinski definition) is 2. The zero-order valence-corrected chi connectivity index (χ0v) is 13.6. The van der Waals surface area contributed by atoms with Gasteiger partial charge in [-0.2, -0.15) is 0 Å². The fourth-order valence-corrected chi connectivity index (χ4v) is 2.64. The van der Waals surface area contributed by atoms with Crippen LogP contribution in [0.3, 0.4) is 0 Å². The molecular formula is C16H18N2O4S. The van der Waals surface area contributed by atoms with Crippen LogP contribution < -0.4 is 10.3 Å². The average molecular weight is 334 g/mol. The molecule has 0 atom stereocenters. The van der Waals surface area contributed by atoms with Crippen molar-refractivity contribution in [2.45, 2.75) is 24.9 Å². The average Bonchev–Trinajstić information content (AvgIpc) is 2.52. The summed E-state index contributed by atoms with van der Waals surface area (Å²) in [4.78, 5) is 29.4. The molecule has 0 aliphatic heterocycles. The molecule has 0 saturated carbocycles. The molecule has 0 aliphatic rings. The number of aromatic amines is 1. The summed E-state index contributed by atoms with van der Waals surface area (Å²) in [7, 11) is 0. The summed E-state index contributed by atoms with van der Waals surface area (Å²) < 4.78 is 5.54. The molecule has 0 amide bonds. The van der Waals surface area contributed by atoms with Gasteiger partial charge in [0.05, 0.1) is 12.2 Å². The second kappa shape index (κ2) is 8.38. The highest BCUT2D eigenvalue weighted by Crippen LogP contribution is 2.15. The smallest absolute Gasteiger partial charge is 0.335 e. The summed E-state index contributed by atoms with van der Waals surface area (Å²) in [5.41, 5.74) is 0.876. The maximum atomic E-state index is 11.5. The van der Waals surface area contributed by atoms with E-state index < -0.39 is 5.97 Å². The van der Waals surface area contributed by atoms with Gasteiger partial charge < -0.3 is 14.8 Å². The van der Waals surface area contributed by atoms with Crippen LogP contribution in [0.15, 0.2) is 40.3 Å². The third-order valence-corrected chi connectivity index (χ3v) is 3.81. The standard InChI is InChI=1S/C16H18N2O4S/c1-2-3-12-10-14(19)18-16(17-12)23-9-8-22-13-6-4-11(5-7-13)15(20)21/h4-7,10H,2-3,8-9H2,1H3,(H,20,21)(H,17,18,19). The summed E-state index contributed by atoms with van der Waals surface area (Å²) in [6.45, 7) is 2.47. The van der Waals surface area contributed by atoms with E-state index in [1.54, 1.807) is 12.1 Å². The Hall–Kier alpha value is -2.28. The van der Waals surface area contributed by atoms with E-state index in [0.717, 1.165) is 18.5 Å². The van der Waals surface area contributed by atoms with E-state index in [4.69, 9.17) is 9.84 Å². The molecule has 23 heavy (non-hydrogen) atoms. The zero-order chi connectivity index (χ0) is 16.7. The third kappa shape index (κ3) is 5.45. The molecule has 1 aromatic carbocycles. The molecular weight excluding hydrogens is 316 g/mol. The number of hydrogen-bond acceptors (Lipinski definition) is 5. The summed E-state index contributed by atoms with van der Waals surface area (Å²) in [6, 6.07) is 7.76. The maximum Gasteiger partial charge on any atom is 0.335 e. The number of aromatic nitrogens is 2. The fraction of sp³-hybridized carbons (Fsp3) is 0.312. The molecule has 7 heteroatoms. The van der Waals surface area contributed by atoms with Crippen LogP contribution in [0.25, 0.3) is 0 Å². The molecule has 6 nitrogen and oxygen atoms in total. The van der Waals surface area contributed by atoms with Crippen molar-refractivity contribution >= 4 is 17.7 Å². The molecule has 1 aromatic heterocycles. The summed E-state index contributed by atoms with van der Waals surface area (Å²) in [5, 5.41) is 9.41. The number of carboxylic acids is 1. The van der Waals surface area contributed by atoms with Crippen LogP contribution in [0.1, 0.15) is 29.4 Å². The Morgan fingerprint density at radius 2 is 2.09 bits per heavy atom. The molecule has 1 heterocycles. The Bertz CT molecular complexity index is 713. The van der Waals surface area contributed by atoms with Crippen LogP contribution in [0.2, 0.25) is 0 Å². The number of carboxylic acid groups (broad SMARTS) is 1. The van der Waals surface area contributed by atoms with Crippen molar-refractivity contribution in [3.63, 3.8) is 0 Å². The largest absolute Gasteiger partial charge is 0.493 e. The highest BCUT2D eigenvalue weighted by Gasteiger charge is 2.04. The molecule has 0 aliphatic carbocycles. The van der Waals surface area contributed by atoms with Gasteiger partial charge in [0.25, 0.3) is 5.56 Å². The Labute approximate surface area is 137 Å². The normalized spacial score (nSPS) is 10.5. The van der Waals surface area contributed by atoms with E-state index in [0.29, 0.717) is 23.3 Å². The van der Waals surface area contributed by atoms with Gasteiger partial charge in [0, 0.05) is 17.5 Å². The van der Waals surface area contributed by atoms with Crippen molar-refractivity contribution in [1.82, 2.24) is 9.97 Å². The quantitative estimate of drug-likeness (QED) is 0.438. The van der Waals surface area contributed by atoms with E-state index in [1.807, 2.05) is 6.92 Å². The van der Waals surface area contributed by atoms with E-state index in [9.17, 15) is 9.59 Å². The molecule has 0 spiro atoms. The third-order valence-electron chi connectivity index (χ3n) is 2.97. The molecule has 0 fully saturated rings. The minimum absolute atomic E-state index is 0.142. The van der Waals surface area contributed by atoms with Gasteiger partial charge >= 0.3 is 5.97 Å². The van der Waals surface area contributed by atoms with Gasteiger partial charge in [0.1, 0.15) is 5.75 Å². The molecule has 2 aromatic rings. The van der Waals surface area contributed by atoms with E-state index >= 15 is 0 Å². The Morgan fingerprint density at radius 1 is 1.35 bits per heavy atom. The number of thioether (sulfide) groups is 1. The van der Waals surface area contributed by atoms with Gasteiger partial charge in [-0.15, -0.1) is 0 Å². The number of carbonyl (C=O) groups is 1. The predicted molar refractivity (Wildman–Crippen MR) is 88.5 cm³/mol. The van der Waals surface area contributed by atoms with E-state index in [-0.39, 0.29) is 11.1 Å². The van der Waals surface area contributed by atoms with Crippen molar-refractivity contribution < 1.29 is 14.6 Å². The number of rotatable bonds is 8. The number of benzene rings is 1. The highest BCUT2D eigenvalue weighted by molar-refractivity contribution is 7.99. The van der Waals surface area contributed by atoms with E-state index in [1.165, 1.54) is 30.0 Å². The van der Waals surface area contributed by atoms with Crippen molar-refractivity contribution in [3.05, 3.63) is 51.9 Å². The minimum atomic E-state index is -0.964. The molecule has 0 bridgehead atoms. The van der Waals surface area contributed by atoms with Gasteiger partial charge in [-0.3, -0.25) is 4.79 Å². The number of aryl methyl sites for hydroxylation is 1. The number of H-pyrrole nitrogens is 1. The van der Waals surface area contributed by atoms with Gasteiger partial charge in [-0.25, -0.2) is 9.78 Å². The van der Waals surface area contributed by atoms with Crippen LogP contribution in [-0.2, 0) is 6.42 Å². The molecule has 2 rings (SSSR count). The van der Waals surface area contributed by atoms with Gasteiger partial charge in [-0.1, -0.05) is 25.1 Å². The van der Waals surface area contributed by atoms with Crippen molar-refractivity contribution in [3.8, 4) is 5.75 Å². The Morgan fingerprint density at radius 3 is 2.74 bits per heavy atom. The van der Waals surface area contributed by atoms with Crippen molar-refractivity contribution in [2.24, 2.45) is 0 Å². The lowest BCUT2D eigenvalue weighted by molar-refractivity contribution is 0.0697. The number of nitrogens with one attached hydrogen (secondary N) is 1. The first-order valence-electron chi connectivity index (χ1n) is 7.27. The van der Waals surface area contributed by atoms with Crippen LogP contribution in [0, 0.1) is 0 Å². The summed E-state index contributed by atoms with van der Waals surface area (Å²) in [5.74, 6) is 0.269. The molecule has 0 radical (unpaired) electrons. The van der Waals surface area contributed by atoms with Crippen LogP contribution >= 0.6 is 11.8 Å². The van der Waals surface area contributed by atoms with Gasteiger partial charge in [-0.05, 0) is 30.7 Å². The molecule has 0 saturated heterocycles. The second-order valence-electron chi connectivity index (χ2n) is 4.82. The zero-order valence-electron chi connectivity index (χ0n) is 12.7. The van der Waals surface area contributed by atoms with Crippen LogP contribution in [-0.4, -0.2) is 33.4 Å². The van der Waals surface area contributed by atoms with Gasteiger partial charge in [0.15, 0.2) is 5.16 Å². The first-order valence-corrected chi connectivity index (χ1v) is 8.26. The van der Waals surface area contributed by atoms with Crippen LogP contribution in [0.4, 0.5) is 0 Å². The maximum absolute atomic E-state index is 11.5. The number of ether oxygens (including phenoxy) is 1. The molecule has 2 N–H and O–H groups in total. The topological polar surface area (TPSA) is 92.3 Å². The monoisotopic (exact) mass is 334 g/mol. The minimum Gasteiger partial charge on any atom is -0.493 e. The Balaban J connectivity index is 1.83. The lowest BCUT2D eigenvalue weighted by Gasteiger charge is -2.06. The lowest BCUT2D eigenvalue weighted by Crippen LogP contribution is -2.11. The molecule has 122 valence electrons. The van der Waals surface area contributed by atoms with E-state index in [2.05, 4.69) is 9.97 Å². The predicted octanol–water partition coefficient (Wildman–Crippen LogP) is 2.59. The first kappa shape index (κ1) is 17.1. The fourth-order valence-electron chi connectivity index (χ4n) is 1.93. The SMILES string of the molecule is CCCc1cc(=O)[nH]c(SCCOc2ccc(C(=O)O)cc2)n1. The number of aromatic carboxylic acids is 1. The van der Waals surface area contributed by atoms with Crippen molar-refractivity contribution in [2.75, 3.05) is 12.4 Å². The Kier molecular flexibility index (Phi) is 6.22. The first-order chi connectivity index (χ1) is 11.1. The van der Waals surface area contributed by atoms with Crippen LogP contribution in [0.5, 0.6) is 5.75 Å². The summed E-state index contributed by atoms with van der Waals surface area (Å²) >= 11 is 1.42.